The van der Waals surface area contributed by atoms with Gasteiger partial charge in [-0.25, -0.2) is 4.79 Å². The third-order valence-corrected chi connectivity index (χ3v) is 3.34. The number of nitrogens with one attached hydrogen (secondary N) is 2. The van der Waals surface area contributed by atoms with E-state index in [2.05, 4.69) is 10.6 Å². The number of hydrogen-bond acceptors (Lipinski definition) is 3. The molecule has 104 valence electrons. The topological polar surface area (TPSA) is 78.4 Å². The van der Waals surface area contributed by atoms with Crippen LogP contribution in [0, 0.1) is 0 Å². The minimum atomic E-state index is -0.944. The van der Waals surface area contributed by atoms with Crippen LogP contribution in [0.1, 0.15) is 51.9 Å². The molecule has 0 spiro atoms. The van der Waals surface area contributed by atoms with E-state index in [-0.39, 0.29) is 5.91 Å². The Hall–Kier alpha value is -1.10. The number of carboxylic acids is 1. The van der Waals surface area contributed by atoms with E-state index in [1.54, 1.807) is 0 Å². The number of rotatable bonds is 7. The Morgan fingerprint density at radius 1 is 1.44 bits per heavy atom. The zero-order chi connectivity index (χ0) is 13.4. The molecule has 1 aliphatic heterocycles. The first-order valence-electron chi connectivity index (χ1n) is 6.89. The van der Waals surface area contributed by atoms with Crippen molar-refractivity contribution in [3.8, 4) is 0 Å². The van der Waals surface area contributed by atoms with Gasteiger partial charge in [-0.2, -0.15) is 0 Å². The number of carbonyl (C=O) groups excluding carboxylic acids is 1. The van der Waals surface area contributed by atoms with Crippen molar-refractivity contribution in [2.24, 2.45) is 0 Å². The van der Waals surface area contributed by atoms with E-state index in [4.69, 9.17) is 5.11 Å². The quantitative estimate of drug-likeness (QED) is 0.641. The third-order valence-electron chi connectivity index (χ3n) is 3.34. The summed E-state index contributed by atoms with van der Waals surface area (Å²) in [6.45, 7) is 2.94. The van der Waals surface area contributed by atoms with Crippen LogP contribution in [0.3, 0.4) is 0 Å². The number of carbonyl (C=O) groups is 2. The average Bonchev–Trinajstić information content (AvgIpc) is 2.37. The fourth-order valence-electron chi connectivity index (χ4n) is 2.29. The summed E-state index contributed by atoms with van der Waals surface area (Å²) in [7, 11) is 0. The van der Waals surface area contributed by atoms with Crippen molar-refractivity contribution in [1.29, 1.82) is 0 Å². The highest BCUT2D eigenvalue weighted by atomic mass is 16.4. The average molecular weight is 256 g/mol. The number of carboxylic acid groups (broad SMARTS) is 1. The molecule has 0 bridgehead atoms. The van der Waals surface area contributed by atoms with Gasteiger partial charge in [0.1, 0.15) is 6.04 Å². The van der Waals surface area contributed by atoms with E-state index in [9.17, 15) is 9.59 Å². The van der Waals surface area contributed by atoms with Gasteiger partial charge in [-0.15, -0.1) is 0 Å². The van der Waals surface area contributed by atoms with Crippen LogP contribution in [0.15, 0.2) is 0 Å². The fourth-order valence-corrected chi connectivity index (χ4v) is 2.29. The van der Waals surface area contributed by atoms with Crippen molar-refractivity contribution in [3.63, 3.8) is 0 Å². The van der Waals surface area contributed by atoms with Crippen LogP contribution in [0.25, 0.3) is 0 Å². The second kappa shape index (κ2) is 8.08. The first kappa shape index (κ1) is 15.0. The molecule has 5 nitrogen and oxygen atoms in total. The van der Waals surface area contributed by atoms with Crippen molar-refractivity contribution in [3.05, 3.63) is 0 Å². The van der Waals surface area contributed by atoms with Gasteiger partial charge in [-0.1, -0.05) is 19.8 Å². The van der Waals surface area contributed by atoms with Crippen molar-refractivity contribution in [1.82, 2.24) is 10.6 Å². The normalized spacial score (nSPS) is 21.3. The lowest BCUT2D eigenvalue weighted by Gasteiger charge is -2.23. The zero-order valence-electron chi connectivity index (χ0n) is 11.1. The molecule has 1 rings (SSSR count). The van der Waals surface area contributed by atoms with E-state index < -0.39 is 12.0 Å². The first-order chi connectivity index (χ1) is 8.63. The standard InChI is InChI=1S/C13H24N2O3/c1-2-5-11(13(17)18)15-12(16)8-7-10-6-3-4-9-14-10/h10-11,14H,2-9H2,1H3,(H,15,16)(H,17,18)/t10?,11-/m0/s1. The predicted octanol–water partition coefficient (Wildman–Crippen LogP) is 1.28. The minimum absolute atomic E-state index is 0.150. The molecule has 0 aromatic rings. The van der Waals surface area contributed by atoms with Crippen LogP contribution in [0.2, 0.25) is 0 Å². The van der Waals surface area contributed by atoms with Gasteiger partial charge in [0.15, 0.2) is 0 Å². The summed E-state index contributed by atoms with van der Waals surface area (Å²) in [5.41, 5.74) is 0. The molecule has 1 unspecified atom stereocenters. The maximum atomic E-state index is 11.7. The summed E-state index contributed by atoms with van der Waals surface area (Å²) >= 11 is 0. The predicted molar refractivity (Wildman–Crippen MR) is 69.4 cm³/mol. The maximum absolute atomic E-state index is 11.7. The lowest BCUT2D eigenvalue weighted by molar-refractivity contribution is -0.142. The number of hydrogen-bond donors (Lipinski definition) is 3. The molecule has 0 aromatic heterocycles. The summed E-state index contributed by atoms with van der Waals surface area (Å²) in [5.74, 6) is -1.09. The van der Waals surface area contributed by atoms with Gasteiger partial charge in [0.2, 0.25) is 5.91 Å². The minimum Gasteiger partial charge on any atom is -0.480 e. The van der Waals surface area contributed by atoms with Crippen molar-refractivity contribution in [2.45, 2.75) is 64.0 Å². The van der Waals surface area contributed by atoms with Crippen LogP contribution in [0.5, 0.6) is 0 Å². The summed E-state index contributed by atoms with van der Waals surface area (Å²) < 4.78 is 0. The second-order valence-corrected chi connectivity index (χ2v) is 4.93. The maximum Gasteiger partial charge on any atom is 0.326 e. The zero-order valence-corrected chi connectivity index (χ0v) is 11.1. The van der Waals surface area contributed by atoms with E-state index >= 15 is 0 Å². The summed E-state index contributed by atoms with van der Waals surface area (Å²) in [6.07, 6.45) is 5.98. The Morgan fingerprint density at radius 3 is 2.78 bits per heavy atom. The molecule has 2 atom stereocenters. The molecule has 0 saturated carbocycles. The van der Waals surface area contributed by atoms with E-state index in [1.165, 1.54) is 12.8 Å². The molecule has 0 radical (unpaired) electrons. The Labute approximate surface area is 108 Å². The van der Waals surface area contributed by atoms with E-state index in [1.807, 2.05) is 6.92 Å². The van der Waals surface area contributed by atoms with Crippen LogP contribution in [-0.4, -0.2) is 35.6 Å². The molecular weight excluding hydrogens is 232 g/mol. The van der Waals surface area contributed by atoms with E-state index in [0.29, 0.717) is 18.9 Å². The van der Waals surface area contributed by atoms with Crippen LogP contribution in [-0.2, 0) is 9.59 Å². The molecule has 1 heterocycles. The third kappa shape index (κ3) is 5.49. The van der Waals surface area contributed by atoms with Gasteiger partial charge in [0, 0.05) is 12.5 Å². The Bertz CT molecular complexity index is 275. The monoisotopic (exact) mass is 256 g/mol. The summed E-state index contributed by atoms with van der Waals surface area (Å²) in [5, 5.41) is 14.9. The highest BCUT2D eigenvalue weighted by Gasteiger charge is 2.20. The van der Waals surface area contributed by atoms with Gasteiger partial charge in [0.05, 0.1) is 0 Å². The Balaban J connectivity index is 2.24. The van der Waals surface area contributed by atoms with Crippen LogP contribution in [0.4, 0.5) is 0 Å². The van der Waals surface area contributed by atoms with Gasteiger partial charge < -0.3 is 15.7 Å². The van der Waals surface area contributed by atoms with Crippen LogP contribution < -0.4 is 10.6 Å². The van der Waals surface area contributed by atoms with Gasteiger partial charge >= 0.3 is 5.97 Å². The molecule has 1 aliphatic rings. The fraction of sp³-hybridized carbons (Fsp3) is 0.846. The molecule has 0 aromatic carbocycles. The molecule has 0 aliphatic carbocycles. The van der Waals surface area contributed by atoms with Crippen molar-refractivity contribution >= 4 is 11.9 Å². The number of aliphatic carboxylic acids is 1. The van der Waals surface area contributed by atoms with Crippen molar-refractivity contribution in [2.75, 3.05) is 6.54 Å². The largest absolute Gasteiger partial charge is 0.480 e. The lowest BCUT2D eigenvalue weighted by Crippen LogP contribution is -2.41. The molecule has 1 amide bonds. The smallest absolute Gasteiger partial charge is 0.326 e. The van der Waals surface area contributed by atoms with Gasteiger partial charge in [-0.3, -0.25) is 4.79 Å². The number of piperidine rings is 1. The number of amides is 1. The molecule has 5 heteroatoms. The second-order valence-electron chi connectivity index (χ2n) is 4.93. The van der Waals surface area contributed by atoms with Gasteiger partial charge in [0.25, 0.3) is 0 Å². The molecule has 1 fully saturated rings. The summed E-state index contributed by atoms with van der Waals surface area (Å²) in [6, 6.07) is -0.319. The SMILES string of the molecule is CCC[C@H](NC(=O)CCC1CCCCN1)C(=O)O. The summed E-state index contributed by atoms with van der Waals surface area (Å²) in [4.78, 5) is 22.6. The van der Waals surface area contributed by atoms with E-state index in [0.717, 1.165) is 25.8 Å². The molecule has 18 heavy (non-hydrogen) atoms. The van der Waals surface area contributed by atoms with Crippen molar-refractivity contribution < 1.29 is 14.7 Å². The highest BCUT2D eigenvalue weighted by Crippen LogP contribution is 2.11. The van der Waals surface area contributed by atoms with Gasteiger partial charge in [-0.05, 0) is 32.2 Å². The lowest BCUT2D eigenvalue weighted by atomic mass is 10.0. The Morgan fingerprint density at radius 2 is 2.22 bits per heavy atom. The van der Waals surface area contributed by atoms with Crippen LogP contribution >= 0.6 is 0 Å². The molecule has 3 N–H and O–H groups in total. The molecule has 1 saturated heterocycles. The Kier molecular flexibility index (Phi) is 6.72. The highest BCUT2D eigenvalue weighted by molar-refractivity contribution is 5.83. The molecular formula is C13H24N2O3. The first-order valence-corrected chi connectivity index (χ1v) is 6.89.